The molecular formula is C11H14N2O4S. The van der Waals surface area contributed by atoms with Crippen LogP contribution in [0.2, 0.25) is 0 Å². The zero-order valence-corrected chi connectivity index (χ0v) is 10.5. The van der Waals surface area contributed by atoms with Gasteiger partial charge in [0.2, 0.25) is 0 Å². The summed E-state index contributed by atoms with van der Waals surface area (Å²) in [5.41, 5.74) is -0.0287. The third-order valence-electron chi connectivity index (χ3n) is 2.87. The third-order valence-corrected chi connectivity index (χ3v) is 4.70. The number of nitrogens with zero attached hydrogens (tertiary/aromatic N) is 1. The van der Waals surface area contributed by atoms with E-state index >= 15 is 0 Å². The number of pyridine rings is 1. The van der Waals surface area contributed by atoms with Gasteiger partial charge >= 0.3 is 5.97 Å². The van der Waals surface area contributed by atoms with Gasteiger partial charge in [0.15, 0.2) is 15.5 Å². The van der Waals surface area contributed by atoms with Gasteiger partial charge in [0, 0.05) is 6.54 Å². The average molecular weight is 270 g/mol. The molecule has 0 aromatic carbocycles. The molecular weight excluding hydrogens is 256 g/mol. The number of rotatable bonds is 4. The number of aromatic nitrogens is 1. The van der Waals surface area contributed by atoms with E-state index in [4.69, 9.17) is 5.11 Å². The van der Waals surface area contributed by atoms with E-state index in [-0.39, 0.29) is 23.1 Å². The van der Waals surface area contributed by atoms with Crippen molar-refractivity contribution >= 4 is 21.6 Å². The number of carboxylic acids is 1. The molecule has 1 unspecified atom stereocenters. The summed E-state index contributed by atoms with van der Waals surface area (Å²) < 4.78 is 22.5. The van der Waals surface area contributed by atoms with Crippen LogP contribution in [0, 0.1) is 5.92 Å². The minimum atomic E-state index is -2.88. The summed E-state index contributed by atoms with van der Waals surface area (Å²) in [6.45, 7) is 0.495. The minimum absolute atomic E-state index is 0.0287. The van der Waals surface area contributed by atoms with Gasteiger partial charge < -0.3 is 10.4 Å². The zero-order valence-electron chi connectivity index (χ0n) is 9.67. The first-order chi connectivity index (χ1) is 8.46. The molecule has 2 N–H and O–H groups in total. The van der Waals surface area contributed by atoms with E-state index in [0.717, 1.165) is 0 Å². The molecule has 0 amide bonds. The maximum Gasteiger partial charge on any atom is 0.354 e. The molecule has 1 aliphatic rings. The van der Waals surface area contributed by atoms with Crippen molar-refractivity contribution in [3.63, 3.8) is 0 Å². The summed E-state index contributed by atoms with van der Waals surface area (Å²) in [5.74, 6) is -0.118. The Balaban J connectivity index is 1.95. The highest BCUT2D eigenvalue weighted by Gasteiger charge is 2.27. The van der Waals surface area contributed by atoms with Gasteiger partial charge in [0.1, 0.15) is 5.82 Å². The van der Waals surface area contributed by atoms with Gasteiger partial charge in [-0.2, -0.15) is 0 Å². The normalized spacial score (nSPS) is 21.7. The highest BCUT2D eigenvalue weighted by molar-refractivity contribution is 7.91. The topological polar surface area (TPSA) is 96.4 Å². The van der Waals surface area contributed by atoms with E-state index in [9.17, 15) is 13.2 Å². The summed E-state index contributed by atoms with van der Waals surface area (Å²) in [6.07, 6.45) is 0.647. The van der Waals surface area contributed by atoms with E-state index < -0.39 is 15.8 Å². The molecule has 98 valence electrons. The van der Waals surface area contributed by atoms with E-state index in [1.807, 2.05) is 0 Å². The van der Waals surface area contributed by atoms with Crippen LogP contribution in [0.4, 0.5) is 5.82 Å². The Morgan fingerprint density at radius 2 is 2.28 bits per heavy atom. The van der Waals surface area contributed by atoms with Gasteiger partial charge in [-0.05, 0) is 24.5 Å². The van der Waals surface area contributed by atoms with Crippen molar-refractivity contribution in [2.24, 2.45) is 5.92 Å². The molecule has 6 nitrogen and oxygen atoms in total. The summed E-state index contributed by atoms with van der Waals surface area (Å²) in [7, 11) is -2.88. The van der Waals surface area contributed by atoms with Gasteiger partial charge in [-0.1, -0.05) is 6.07 Å². The zero-order chi connectivity index (χ0) is 13.2. The number of carboxylic acid groups (broad SMARTS) is 1. The van der Waals surface area contributed by atoms with Crippen molar-refractivity contribution in [3.05, 3.63) is 23.9 Å². The second-order valence-corrected chi connectivity index (χ2v) is 6.59. The molecule has 18 heavy (non-hydrogen) atoms. The molecule has 1 aliphatic heterocycles. The number of hydrogen-bond acceptors (Lipinski definition) is 5. The first-order valence-corrected chi connectivity index (χ1v) is 7.43. The number of carbonyl (C=O) groups is 1. The summed E-state index contributed by atoms with van der Waals surface area (Å²) in [4.78, 5) is 14.6. The lowest BCUT2D eigenvalue weighted by Gasteiger charge is -2.10. The number of aromatic carboxylic acids is 1. The molecule has 0 saturated carbocycles. The van der Waals surface area contributed by atoms with Crippen molar-refractivity contribution in [3.8, 4) is 0 Å². The van der Waals surface area contributed by atoms with Crippen LogP contribution in [0.25, 0.3) is 0 Å². The van der Waals surface area contributed by atoms with E-state index in [1.54, 1.807) is 12.1 Å². The predicted octanol–water partition coefficient (Wildman–Crippen LogP) is 0.626. The van der Waals surface area contributed by atoms with Crippen molar-refractivity contribution in [2.75, 3.05) is 23.4 Å². The second-order valence-electron chi connectivity index (χ2n) is 4.36. The number of sulfone groups is 1. The molecule has 0 bridgehead atoms. The Kier molecular flexibility index (Phi) is 3.51. The Labute approximate surface area is 105 Å². The van der Waals surface area contributed by atoms with Crippen molar-refractivity contribution in [2.45, 2.75) is 6.42 Å². The molecule has 0 radical (unpaired) electrons. The quantitative estimate of drug-likeness (QED) is 0.833. The lowest BCUT2D eigenvalue weighted by atomic mass is 10.1. The van der Waals surface area contributed by atoms with Crippen molar-refractivity contribution in [1.29, 1.82) is 0 Å². The van der Waals surface area contributed by atoms with Crippen LogP contribution in [0.1, 0.15) is 16.9 Å². The average Bonchev–Trinajstić information content (AvgIpc) is 2.67. The molecule has 7 heteroatoms. The molecule has 1 atom stereocenters. The standard InChI is InChI=1S/C11H14N2O4S/c14-11(15)9-2-1-3-10(13-9)12-6-8-4-5-18(16,17)7-8/h1-3,8H,4-7H2,(H,12,13)(H,14,15). The molecule has 0 spiro atoms. The molecule has 2 rings (SSSR count). The van der Waals surface area contributed by atoms with Gasteiger partial charge in [0.05, 0.1) is 11.5 Å². The van der Waals surface area contributed by atoms with Gasteiger partial charge in [0.25, 0.3) is 0 Å². The first-order valence-electron chi connectivity index (χ1n) is 5.61. The van der Waals surface area contributed by atoms with Gasteiger partial charge in [-0.25, -0.2) is 18.2 Å². The lowest BCUT2D eigenvalue weighted by Crippen LogP contribution is -2.16. The van der Waals surface area contributed by atoms with Crippen LogP contribution in [-0.4, -0.2) is 42.5 Å². The van der Waals surface area contributed by atoms with Crippen molar-refractivity contribution in [1.82, 2.24) is 4.98 Å². The Morgan fingerprint density at radius 3 is 2.89 bits per heavy atom. The monoisotopic (exact) mass is 270 g/mol. The molecule has 1 fully saturated rings. The molecule has 1 aromatic heterocycles. The molecule has 0 aliphatic carbocycles. The van der Waals surface area contributed by atoms with Crippen molar-refractivity contribution < 1.29 is 18.3 Å². The minimum Gasteiger partial charge on any atom is -0.477 e. The maximum absolute atomic E-state index is 11.3. The van der Waals surface area contributed by atoms with Crippen LogP contribution in [0.3, 0.4) is 0 Å². The molecule has 1 saturated heterocycles. The number of hydrogen-bond donors (Lipinski definition) is 2. The highest BCUT2D eigenvalue weighted by atomic mass is 32.2. The first kappa shape index (κ1) is 12.8. The Bertz CT molecular complexity index is 556. The fourth-order valence-corrected chi connectivity index (χ4v) is 3.80. The van der Waals surface area contributed by atoms with E-state index in [0.29, 0.717) is 18.8 Å². The fraction of sp³-hybridized carbons (Fsp3) is 0.455. The van der Waals surface area contributed by atoms with Crippen LogP contribution < -0.4 is 5.32 Å². The lowest BCUT2D eigenvalue weighted by molar-refractivity contribution is 0.0690. The summed E-state index contributed by atoms with van der Waals surface area (Å²) in [6, 6.07) is 4.67. The largest absolute Gasteiger partial charge is 0.477 e. The van der Waals surface area contributed by atoms with Gasteiger partial charge in [-0.15, -0.1) is 0 Å². The predicted molar refractivity (Wildman–Crippen MR) is 66.4 cm³/mol. The second kappa shape index (κ2) is 4.93. The smallest absolute Gasteiger partial charge is 0.354 e. The van der Waals surface area contributed by atoms with Gasteiger partial charge in [-0.3, -0.25) is 0 Å². The highest BCUT2D eigenvalue weighted by Crippen LogP contribution is 2.18. The van der Waals surface area contributed by atoms with Crippen LogP contribution >= 0.6 is 0 Å². The number of anilines is 1. The Morgan fingerprint density at radius 1 is 1.50 bits per heavy atom. The van der Waals surface area contributed by atoms with Crippen LogP contribution in [0.5, 0.6) is 0 Å². The maximum atomic E-state index is 11.3. The SMILES string of the molecule is O=C(O)c1cccc(NCC2CCS(=O)(=O)C2)n1. The van der Waals surface area contributed by atoms with Crippen LogP contribution in [0.15, 0.2) is 18.2 Å². The molecule has 2 heterocycles. The fourth-order valence-electron chi connectivity index (χ4n) is 1.93. The van der Waals surface area contributed by atoms with E-state index in [2.05, 4.69) is 10.3 Å². The number of nitrogens with one attached hydrogen (secondary N) is 1. The van der Waals surface area contributed by atoms with E-state index in [1.165, 1.54) is 6.07 Å². The third kappa shape index (κ3) is 3.19. The Hall–Kier alpha value is -1.63. The van der Waals surface area contributed by atoms with Crippen LogP contribution in [-0.2, 0) is 9.84 Å². The molecule has 1 aromatic rings. The summed E-state index contributed by atoms with van der Waals surface area (Å²) in [5, 5.41) is 11.8. The summed E-state index contributed by atoms with van der Waals surface area (Å²) >= 11 is 0.